The van der Waals surface area contributed by atoms with Crippen LogP contribution in [-0.2, 0) is 4.79 Å². The number of nitrogens with zero attached hydrogens (tertiary/aromatic N) is 1. The van der Waals surface area contributed by atoms with Gasteiger partial charge in [0.15, 0.2) is 5.75 Å². The zero-order valence-corrected chi connectivity index (χ0v) is 10.1. The molecule has 0 aliphatic carbocycles. The summed E-state index contributed by atoms with van der Waals surface area (Å²) in [5.74, 6) is -1.99. The van der Waals surface area contributed by atoms with Crippen LogP contribution in [-0.4, -0.2) is 22.6 Å². The summed E-state index contributed by atoms with van der Waals surface area (Å²) >= 11 is 0. The molecule has 1 N–H and O–H groups in total. The van der Waals surface area contributed by atoms with Crippen LogP contribution in [0.15, 0.2) is 29.8 Å². The summed E-state index contributed by atoms with van der Waals surface area (Å²) in [5, 5.41) is 19.5. The highest BCUT2D eigenvalue weighted by Gasteiger charge is 2.15. The molecule has 0 aliphatic heterocycles. The van der Waals surface area contributed by atoms with E-state index in [-0.39, 0.29) is 23.6 Å². The van der Waals surface area contributed by atoms with Crippen LogP contribution in [0.25, 0.3) is 0 Å². The van der Waals surface area contributed by atoms with E-state index in [1.54, 1.807) is 6.92 Å². The summed E-state index contributed by atoms with van der Waals surface area (Å²) in [7, 11) is 0. The number of hydrogen-bond donors (Lipinski definition) is 1. The van der Waals surface area contributed by atoms with E-state index in [4.69, 9.17) is 9.84 Å². The fourth-order valence-electron chi connectivity index (χ4n) is 1.37. The number of rotatable bonds is 6. The topological polar surface area (TPSA) is 89.7 Å². The van der Waals surface area contributed by atoms with Crippen LogP contribution in [0.2, 0.25) is 0 Å². The van der Waals surface area contributed by atoms with Crippen LogP contribution in [0.1, 0.15) is 13.3 Å². The molecule has 1 rings (SSSR count). The molecular formula is C12H12FNO5. The van der Waals surface area contributed by atoms with Gasteiger partial charge in [0.2, 0.25) is 0 Å². The van der Waals surface area contributed by atoms with Crippen molar-refractivity contribution in [3.05, 3.63) is 45.8 Å². The molecule has 1 aromatic rings. The third kappa shape index (κ3) is 4.06. The van der Waals surface area contributed by atoms with E-state index in [0.29, 0.717) is 6.42 Å². The first-order valence-corrected chi connectivity index (χ1v) is 5.44. The number of aliphatic carboxylic acids is 1. The van der Waals surface area contributed by atoms with Gasteiger partial charge >= 0.3 is 11.7 Å². The number of nitro benzene ring substituents is 1. The first-order valence-electron chi connectivity index (χ1n) is 5.44. The van der Waals surface area contributed by atoms with Crippen molar-refractivity contribution >= 4 is 11.7 Å². The van der Waals surface area contributed by atoms with Crippen molar-refractivity contribution in [3.8, 4) is 5.75 Å². The molecule has 102 valence electrons. The second-order valence-corrected chi connectivity index (χ2v) is 3.57. The number of nitro groups is 1. The third-order valence-electron chi connectivity index (χ3n) is 2.34. The minimum absolute atomic E-state index is 0.124. The normalized spacial score (nSPS) is 11.2. The van der Waals surface area contributed by atoms with Crippen LogP contribution in [0.4, 0.5) is 10.1 Å². The first kappa shape index (κ1) is 14.6. The Bertz CT molecular complexity index is 527. The van der Waals surface area contributed by atoms with Crippen LogP contribution >= 0.6 is 0 Å². The minimum Gasteiger partial charge on any atom is -0.482 e. The summed E-state index contributed by atoms with van der Waals surface area (Å²) in [6.07, 6.45) is 1.58. The van der Waals surface area contributed by atoms with E-state index in [9.17, 15) is 19.3 Å². The van der Waals surface area contributed by atoms with Gasteiger partial charge in [-0.15, -0.1) is 0 Å². The van der Waals surface area contributed by atoms with Crippen LogP contribution < -0.4 is 4.74 Å². The number of benzene rings is 1. The summed E-state index contributed by atoms with van der Waals surface area (Å²) in [5.41, 5.74) is -0.248. The second kappa shape index (κ2) is 6.48. The molecule has 0 spiro atoms. The highest BCUT2D eigenvalue weighted by Crippen LogP contribution is 2.27. The smallest absolute Gasteiger partial charge is 0.331 e. The van der Waals surface area contributed by atoms with Crippen LogP contribution in [0.3, 0.4) is 0 Å². The maximum Gasteiger partial charge on any atom is 0.331 e. The molecule has 0 bridgehead atoms. The van der Waals surface area contributed by atoms with Gasteiger partial charge in [-0.05, 0) is 18.6 Å². The Kier molecular flexibility index (Phi) is 4.99. The maximum atomic E-state index is 13.0. The van der Waals surface area contributed by atoms with Gasteiger partial charge in [0.1, 0.15) is 12.4 Å². The second-order valence-electron chi connectivity index (χ2n) is 3.57. The number of hydrogen-bond acceptors (Lipinski definition) is 4. The number of carboxylic acids is 1. The molecule has 19 heavy (non-hydrogen) atoms. The average molecular weight is 269 g/mol. The van der Waals surface area contributed by atoms with Gasteiger partial charge in [-0.25, -0.2) is 9.18 Å². The van der Waals surface area contributed by atoms with Gasteiger partial charge in [0.05, 0.1) is 4.92 Å². The van der Waals surface area contributed by atoms with E-state index in [2.05, 4.69) is 0 Å². The number of ether oxygens (including phenoxy) is 1. The lowest BCUT2D eigenvalue weighted by Gasteiger charge is -2.05. The predicted octanol–water partition coefficient (Wildman–Crippen LogP) is 2.53. The molecule has 0 amide bonds. The maximum absolute atomic E-state index is 13.0. The lowest BCUT2D eigenvalue weighted by atomic mass is 10.2. The Hall–Kier alpha value is -2.44. The fraction of sp³-hybridized carbons (Fsp3) is 0.250. The Balaban J connectivity index is 2.85. The van der Waals surface area contributed by atoms with E-state index < -0.39 is 16.7 Å². The molecule has 0 unspecified atom stereocenters. The summed E-state index contributed by atoms with van der Waals surface area (Å²) in [6, 6.07) is 2.83. The van der Waals surface area contributed by atoms with Gasteiger partial charge in [-0.1, -0.05) is 6.92 Å². The summed E-state index contributed by atoms with van der Waals surface area (Å²) in [4.78, 5) is 20.7. The van der Waals surface area contributed by atoms with Crippen molar-refractivity contribution < 1.29 is 24.0 Å². The minimum atomic E-state index is -1.08. The fourth-order valence-corrected chi connectivity index (χ4v) is 1.37. The summed E-state index contributed by atoms with van der Waals surface area (Å²) < 4.78 is 18.0. The largest absolute Gasteiger partial charge is 0.482 e. The van der Waals surface area contributed by atoms with Crippen molar-refractivity contribution in [2.75, 3.05) is 6.61 Å². The van der Waals surface area contributed by atoms with Crippen molar-refractivity contribution in [2.45, 2.75) is 13.3 Å². The Morgan fingerprint density at radius 2 is 2.26 bits per heavy atom. The quantitative estimate of drug-likeness (QED) is 0.487. The number of halogens is 1. The molecule has 7 heteroatoms. The molecule has 0 fully saturated rings. The van der Waals surface area contributed by atoms with Gasteiger partial charge in [-0.3, -0.25) is 10.1 Å². The molecule has 0 radical (unpaired) electrons. The monoisotopic (exact) mass is 269 g/mol. The van der Waals surface area contributed by atoms with Gasteiger partial charge in [-0.2, -0.15) is 0 Å². The Labute approximate surface area is 108 Å². The number of carbonyl (C=O) groups is 1. The van der Waals surface area contributed by atoms with Crippen LogP contribution in [0.5, 0.6) is 5.75 Å². The number of carboxylic acid groups (broad SMARTS) is 1. The Morgan fingerprint density at radius 3 is 2.79 bits per heavy atom. The molecule has 0 aliphatic rings. The molecule has 0 saturated carbocycles. The van der Waals surface area contributed by atoms with E-state index in [1.165, 1.54) is 6.08 Å². The van der Waals surface area contributed by atoms with Crippen molar-refractivity contribution in [1.82, 2.24) is 0 Å². The van der Waals surface area contributed by atoms with Crippen molar-refractivity contribution in [1.29, 1.82) is 0 Å². The highest BCUT2D eigenvalue weighted by atomic mass is 19.1. The standard InChI is InChI=1S/C12H12FNO5/c1-2-8(12(15)16)5-6-19-11-7-9(13)3-4-10(11)14(17)18/h3-5,7H,2,6H2,1H3,(H,15,16). The third-order valence-corrected chi connectivity index (χ3v) is 2.34. The van der Waals surface area contributed by atoms with Crippen molar-refractivity contribution in [3.63, 3.8) is 0 Å². The van der Waals surface area contributed by atoms with Gasteiger partial charge < -0.3 is 9.84 Å². The average Bonchev–Trinajstić information content (AvgIpc) is 2.33. The highest BCUT2D eigenvalue weighted by molar-refractivity contribution is 5.86. The van der Waals surface area contributed by atoms with Crippen molar-refractivity contribution in [2.24, 2.45) is 0 Å². The first-order chi connectivity index (χ1) is 8.95. The van der Waals surface area contributed by atoms with Crippen LogP contribution in [0, 0.1) is 15.9 Å². The summed E-state index contributed by atoms with van der Waals surface area (Å²) in [6.45, 7) is 1.48. The molecule has 6 nitrogen and oxygen atoms in total. The molecule has 0 saturated heterocycles. The lowest BCUT2D eigenvalue weighted by Crippen LogP contribution is -2.04. The molecule has 0 heterocycles. The molecule has 0 aromatic heterocycles. The van der Waals surface area contributed by atoms with E-state index in [1.807, 2.05) is 0 Å². The zero-order valence-electron chi connectivity index (χ0n) is 10.1. The molecule has 0 atom stereocenters. The zero-order chi connectivity index (χ0) is 14.4. The SMILES string of the molecule is CCC(=CCOc1cc(F)ccc1[N+](=O)[O-])C(=O)O. The van der Waals surface area contributed by atoms with Gasteiger partial charge in [0, 0.05) is 17.7 Å². The molecule has 1 aromatic carbocycles. The van der Waals surface area contributed by atoms with E-state index >= 15 is 0 Å². The van der Waals surface area contributed by atoms with E-state index in [0.717, 1.165) is 18.2 Å². The Morgan fingerprint density at radius 1 is 1.58 bits per heavy atom. The predicted molar refractivity (Wildman–Crippen MR) is 64.6 cm³/mol. The lowest BCUT2D eigenvalue weighted by molar-refractivity contribution is -0.385. The van der Waals surface area contributed by atoms with Gasteiger partial charge in [0.25, 0.3) is 0 Å². The molecular weight excluding hydrogens is 257 g/mol.